The van der Waals surface area contributed by atoms with Crippen LogP contribution < -0.4 is 11.5 Å². The molecule has 152 valence electrons. The van der Waals surface area contributed by atoms with Crippen molar-refractivity contribution >= 4 is 11.8 Å². The summed E-state index contributed by atoms with van der Waals surface area (Å²) < 4.78 is 0. The standard InChI is InChI=1S/C22H42N2O2/c1-3-4-5-6-7-8-9-10-11-12-13-14-15-16-17-19(2)20(22(24)26)18-21(23)25/h20H,2-18H2,1H3,(H2,23,25)(H2,24,26). The van der Waals surface area contributed by atoms with E-state index in [1.54, 1.807) is 0 Å². The molecule has 0 aliphatic rings. The highest BCUT2D eigenvalue weighted by molar-refractivity contribution is 5.86. The minimum Gasteiger partial charge on any atom is -0.370 e. The van der Waals surface area contributed by atoms with E-state index in [-0.39, 0.29) is 6.42 Å². The maximum Gasteiger partial charge on any atom is 0.225 e. The summed E-state index contributed by atoms with van der Waals surface area (Å²) in [6.07, 6.45) is 19.2. The van der Waals surface area contributed by atoms with Crippen molar-refractivity contribution in [2.24, 2.45) is 17.4 Å². The first-order chi connectivity index (χ1) is 12.5. The van der Waals surface area contributed by atoms with Gasteiger partial charge in [0.2, 0.25) is 11.8 Å². The molecule has 4 nitrogen and oxygen atoms in total. The Balaban J connectivity index is 3.46. The molecule has 1 atom stereocenters. The van der Waals surface area contributed by atoms with Crippen molar-refractivity contribution < 1.29 is 9.59 Å². The van der Waals surface area contributed by atoms with Gasteiger partial charge in [-0.05, 0) is 12.8 Å². The molecule has 0 heterocycles. The van der Waals surface area contributed by atoms with Crippen LogP contribution in [0.25, 0.3) is 0 Å². The molecule has 0 radical (unpaired) electrons. The molecule has 0 fully saturated rings. The van der Waals surface area contributed by atoms with Gasteiger partial charge in [-0.25, -0.2) is 0 Å². The van der Waals surface area contributed by atoms with Crippen LogP contribution in [0.1, 0.15) is 110 Å². The van der Waals surface area contributed by atoms with Crippen LogP contribution in [-0.4, -0.2) is 11.8 Å². The zero-order valence-electron chi connectivity index (χ0n) is 17.1. The Kier molecular flexibility index (Phi) is 16.2. The second-order valence-corrected chi connectivity index (χ2v) is 7.63. The van der Waals surface area contributed by atoms with E-state index in [1.807, 2.05) is 0 Å². The average molecular weight is 367 g/mol. The molecule has 0 saturated carbocycles. The lowest BCUT2D eigenvalue weighted by molar-refractivity contribution is -0.125. The predicted molar refractivity (Wildman–Crippen MR) is 111 cm³/mol. The lowest BCUT2D eigenvalue weighted by Crippen LogP contribution is -2.29. The van der Waals surface area contributed by atoms with Crippen LogP contribution >= 0.6 is 0 Å². The molecule has 0 saturated heterocycles. The van der Waals surface area contributed by atoms with Crippen LogP contribution in [0.5, 0.6) is 0 Å². The van der Waals surface area contributed by atoms with Gasteiger partial charge in [0.25, 0.3) is 0 Å². The highest BCUT2D eigenvalue weighted by Gasteiger charge is 2.20. The first-order valence-corrected chi connectivity index (χ1v) is 10.7. The van der Waals surface area contributed by atoms with Crippen molar-refractivity contribution in [2.75, 3.05) is 0 Å². The Bertz CT molecular complexity index is 394. The predicted octanol–water partition coefficient (Wildman–Crippen LogP) is 5.39. The van der Waals surface area contributed by atoms with E-state index in [9.17, 15) is 9.59 Å². The zero-order valence-corrected chi connectivity index (χ0v) is 17.1. The Morgan fingerprint density at radius 1 is 0.731 bits per heavy atom. The van der Waals surface area contributed by atoms with Gasteiger partial charge in [-0.3, -0.25) is 9.59 Å². The van der Waals surface area contributed by atoms with Crippen molar-refractivity contribution in [3.8, 4) is 0 Å². The molecule has 2 amide bonds. The number of carbonyl (C=O) groups excluding carboxylic acids is 2. The fourth-order valence-electron chi connectivity index (χ4n) is 3.37. The summed E-state index contributed by atoms with van der Waals surface area (Å²) in [5, 5.41) is 0. The molecule has 0 aliphatic heterocycles. The Hall–Kier alpha value is -1.32. The number of nitrogens with two attached hydrogens (primary N) is 2. The number of hydrogen-bond donors (Lipinski definition) is 2. The molecule has 4 N–H and O–H groups in total. The van der Waals surface area contributed by atoms with Gasteiger partial charge in [0.1, 0.15) is 0 Å². The zero-order chi connectivity index (χ0) is 19.6. The van der Waals surface area contributed by atoms with Crippen LogP contribution in [0, 0.1) is 5.92 Å². The number of hydrogen-bond acceptors (Lipinski definition) is 2. The van der Waals surface area contributed by atoms with Crippen molar-refractivity contribution in [2.45, 2.75) is 110 Å². The molecule has 0 aromatic rings. The van der Waals surface area contributed by atoms with Crippen LogP contribution in [0.15, 0.2) is 12.2 Å². The van der Waals surface area contributed by atoms with Crippen molar-refractivity contribution in [3.63, 3.8) is 0 Å². The van der Waals surface area contributed by atoms with E-state index in [0.29, 0.717) is 0 Å². The van der Waals surface area contributed by atoms with E-state index in [1.165, 1.54) is 77.0 Å². The third kappa shape index (κ3) is 15.0. The Morgan fingerprint density at radius 2 is 1.12 bits per heavy atom. The van der Waals surface area contributed by atoms with Crippen LogP contribution in [0.3, 0.4) is 0 Å². The Morgan fingerprint density at radius 3 is 1.46 bits per heavy atom. The van der Waals surface area contributed by atoms with E-state index in [2.05, 4.69) is 13.5 Å². The molecule has 0 aromatic carbocycles. The van der Waals surface area contributed by atoms with Crippen LogP contribution in [0.4, 0.5) is 0 Å². The van der Waals surface area contributed by atoms with Crippen LogP contribution in [-0.2, 0) is 9.59 Å². The largest absolute Gasteiger partial charge is 0.370 e. The smallest absolute Gasteiger partial charge is 0.225 e. The molecule has 1 unspecified atom stereocenters. The molecule has 26 heavy (non-hydrogen) atoms. The number of primary amides is 2. The highest BCUT2D eigenvalue weighted by atomic mass is 16.2. The van der Waals surface area contributed by atoms with Gasteiger partial charge < -0.3 is 11.5 Å². The first-order valence-electron chi connectivity index (χ1n) is 10.7. The monoisotopic (exact) mass is 366 g/mol. The summed E-state index contributed by atoms with van der Waals surface area (Å²) in [4.78, 5) is 22.4. The van der Waals surface area contributed by atoms with Gasteiger partial charge in [0.15, 0.2) is 0 Å². The van der Waals surface area contributed by atoms with E-state index < -0.39 is 17.7 Å². The van der Waals surface area contributed by atoms with Gasteiger partial charge >= 0.3 is 0 Å². The minimum atomic E-state index is -0.602. The summed E-state index contributed by atoms with van der Waals surface area (Å²) in [5.41, 5.74) is 11.2. The summed E-state index contributed by atoms with van der Waals surface area (Å²) in [5.74, 6) is -1.61. The molecule has 0 aromatic heterocycles. The van der Waals surface area contributed by atoms with Gasteiger partial charge in [-0.1, -0.05) is 103 Å². The van der Waals surface area contributed by atoms with Gasteiger partial charge in [0.05, 0.1) is 5.92 Å². The summed E-state index contributed by atoms with van der Waals surface area (Å²) in [7, 11) is 0. The highest BCUT2D eigenvalue weighted by Crippen LogP contribution is 2.20. The fraction of sp³-hybridized carbons (Fsp3) is 0.818. The molecular formula is C22H42N2O2. The van der Waals surface area contributed by atoms with E-state index in [0.717, 1.165) is 24.8 Å². The van der Waals surface area contributed by atoms with Gasteiger partial charge in [-0.2, -0.15) is 0 Å². The molecule has 0 bridgehead atoms. The SMILES string of the molecule is C=C(CCCCCCCCCCCCCCCC)C(CC(N)=O)C(N)=O. The number of amides is 2. The van der Waals surface area contributed by atoms with Gasteiger partial charge in [0, 0.05) is 6.42 Å². The maximum atomic E-state index is 11.4. The van der Waals surface area contributed by atoms with E-state index >= 15 is 0 Å². The van der Waals surface area contributed by atoms with Crippen molar-refractivity contribution in [1.29, 1.82) is 0 Å². The summed E-state index contributed by atoms with van der Waals surface area (Å²) >= 11 is 0. The quantitative estimate of drug-likeness (QED) is 0.237. The second kappa shape index (κ2) is 17.1. The molecular weight excluding hydrogens is 324 g/mol. The third-order valence-corrected chi connectivity index (χ3v) is 5.09. The Labute approximate surface area is 161 Å². The summed E-state index contributed by atoms with van der Waals surface area (Å²) in [6.45, 7) is 6.18. The molecule has 0 aliphatic carbocycles. The van der Waals surface area contributed by atoms with Crippen molar-refractivity contribution in [1.82, 2.24) is 0 Å². The van der Waals surface area contributed by atoms with E-state index in [4.69, 9.17) is 11.5 Å². The third-order valence-electron chi connectivity index (χ3n) is 5.09. The molecule has 0 spiro atoms. The summed E-state index contributed by atoms with van der Waals surface area (Å²) in [6, 6.07) is 0. The number of unbranched alkanes of at least 4 members (excludes halogenated alkanes) is 13. The first kappa shape index (κ1) is 24.7. The maximum absolute atomic E-state index is 11.4. The number of carbonyl (C=O) groups is 2. The fourth-order valence-corrected chi connectivity index (χ4v) is 3.37. The van der Waals surface area contributed by atoms with Gasteiger partial charge in [-0.15, -0.1) is 0 Å². The lowest BCUT2D eigenvalue weighted by Gasteiger charge is -2.14. The van der Waals surface area contributed by atoms with Crippen LogP contribution in [0.2, 0.25) is 0 Å². The molecule has 0 rings (SSSR count). The number of rotatable bonds is 19. The molecule has 4 heteroatoms. The average Bonchev–Trinajstić information content (AvgIpc) is 2.59. The minimum absolute atomic E-state index is 0.0211. The van der Waals surface area contributed by atoms with Crippen molar-refractivity contribution in [3.05, 3.63) is 12.2 Å². The second-order valence-electron chi connectivity index (χ2n) is 7.63. The lowest BCUT2D eigenvalue weighted by atomic mass is 9.91. The topological polar surface area (TPSA) is 86.2 Å². The normalized spacial score (nSPS) is 12.0.